The van der Waals surface area contributed by atoms with Crippen molar-refractivity contribution in [2.45, 2.75) is 0 Å². The summed E-state index contributed by atoms with van der Waals surface area (Å²) in [6, 6.07) is 0. The molecule has 0 aliphatic carbocycles. The molecule has 0 amide bonds. The summed E-state index contributed by atoms with van der Waals surface area (Å²) in [4.78, 5) is 0. The zero-order valence-corrected chi connectivity index (χ0v) is 8.33. The van der Waals surface area contributed by atoms with Crippen molar-refractivity contribution in [3.63, 3.8) is 0 Å². The summed E-state index contributed by atoms with van der Waals surface area (Å²) in [6.45, 7) is 0. The molecule has 0 aliphatic heterocycles. The van der Waals surface area contributed by atoms with Crippen LogP contribution in [0.2, 0.25) is 0 Å². The van der Waals surface area contributed by atoms with Crippen LogP contribution in [0.4, 0.5) is 0 Å². The van der Waals surface area contributed by atoms with E-state index in [1.54, 1.807) is 0 Å². The van der Waals surface area contributed by atoms with E-state index in [0.717, 1.165) is 0 Å². The van der Waals surface area contributed by atoms with Crippen molar-refractivity contribution in [1.29, 1.82) is 0 Å². The van der Waals surface area contributed by atoms with E-state index < -0.39 is 0 Å². The first-order valence-electron chi connectivity index (χ1n) is 0.289. The Morgan fingerprint density at radius 3 is 1.33 bits per heavy atom. The molecule has 0 unspecified atom stereocenters. The van der Waals surface area contributed by atoms with Gasteiger partial charge in [-0.2, -0.15) is 0 Å². The van der Waals surface area contributed by atoms with E-state index in [4.69, 9.17) is 3.80 Å². The molecule has 6 heteroatoms. The topological polar surface area (TPSA) is 17.1 Å². The standard InChI is InChI=1S/Al.Co.Li.Mg.Ni.O.4H/q;;+1;+2;;;;3*-1. The number of hydrogen-bond acceptors (Lipinski definition) is 1. The fourth-order valence-electron chi connectivity index (χ4n) is 0. The molecule has 1 nitrogen and oxygen atoms in total. The molecular formula is H4AlCoLiMgNiO. The Morgan fingerprint density at radius 1 is 1.33 bits per heavy atom. The summed E-state index contributed by atoms with van der Waals surface area (Å²) in [5.41, 5.74) is 0. The van der Waals surface area contributed by atoms with E-state index in [0.29, 0.717) is 16.2 Å². The zero-order valence-electron chi connectivity index (χ0n) is 6.47. The van der Waals surface area contributed by atoms with Crippen molar-refractivity contribution < 1.29 is 60.2 Å². The molecule has 0 bridgehead atoms. The molecule has 0 fully saturated rings. The minimum atomic E-state index is 0. The third-order valence-electron chi connectivity index (χ3n) is 0. The van der Waals surface area contributed by atoms with Crippen LogP contribution in [0.15, 0.2) is 0 Å². The third kappa shape index (κ3) is 29.9. The van der Waals surface area contributed by atoms with Gasteiger partial charge >= 0.3 is 61.9 Å². The van der Waals surface area contributed by atoms with Crippen molar-refractivity contribution in [1.82, 2.24) is 0 Å². The maximum absolute atomic E-state index is 8.28. The number of rotatable bonds is 0. The molecule has 6 heavy (non-hydrogen) atoms. The summed E-state index contributed by atoms with van der Waals surface area (Å²) >= 11 is 0.611. The van der Waals surface area contributed by atoms with Crippen LogP contribution in [0, 0.1) is 0 Å². The number of hydrogen-bond donors (Lipinski definition) is 0. The van der Waals surface area contributed by atoms with Crippen molar-refractivity contribution in [2.75, 3.05) is 0 Å². The van der Waals surface area contributed by atoms with Gasteiger partial charge in [-0.15, -0.1) is 0 Å². The van der Waals surface area contributed by atoms with Crippen LogP contribution in [-0.4, -0.2) is 39.3 Å². The molecule has 0 aliphatic rings. The molecule has 0 rings (SSSR count). The first kappa shape index (κ1) is 37.7. The molecule has 0 saturated heterocycles. The first-order chi connectivity index (χ1) is 1.00. The Kier molecular flexibility index (Phi) is 298. The van der Waals surface area contributed by atoms with Gasteiger partial charge in [-0.3, -0.25) is 0 Å². The summed E-state index contributed by atoms with van der Waals surface area (Å²) in [5.74, 6) is 0. The predicted molar refractivity (Wildman–Crippen MR) is 16.9 cm³/mol. The van der Waals surface area contributed by atoms with Crippen LogP contribution < -0.4 is 18.9 Å². The van der Waals surface area contributed by atoms with Crippen molar-refractivity contribution in [3.05, 3.63) is 0 Å². The second kappa shape index (κ2) is 47.5. The molecule has 0 heterocycles. The van der Waals surface area contributed by atoms with Crippen molar-refractivity contribution in [3.8, 4) is 0 Å². The monoisotopic (exact) mass is 195 g/mol. The van der Waals surface area contributed by atoms with E-state index in [2.05, 4.69) is 0 Å². The van der Waals surface area contributed by atoms with E-state index in [9.17, 15) is 0 Å². The molecule has 0 saturated carbocycles. The molecular weight excluding hydrogens is 192 g/mol. The van der Waals surface area contributed by atoms with Crippen LogP contribution in [0.25, 0.3) is 0 Å². The SMILES string of the molecule is [Co].[H-].[H-].[H-].[Li+].[Mg+2].[Ni].[O]=[AlH]. The van der Waals surface area contributed by atoms with Gasteiger partial charge in [0.1, 0.15) is 0 Å². The predicted octanol–water partition coefficient (Wildman–Crippen LogP) is -3.81. The van der Waals surface area contributed by atoms with E-state index in [1.807, 2.05) is 0 Å². The second-order valence-corrected chi connectivity index (χ2v) is 0. The summed E-state index contributed by atoms with van der Waals surface area (Å²) in [6.07, 6.45) is 0. The summed E-state index contributed by atoms with van der Waals surface area (Å²) in [7, 11) is 0. The quantitative estimate of drug-likeness (QED) is 0.363. The fourth-order valence-corrected chi connectivity index (χ4v) is 0. The van der Waals surface area contributed by atoms with Gasteiger partial charge in [0.15, 0.2) is 0 Å². The first-order valence-corrected chi connectivity index (χ1v) is 0.866. The second-order valence-electron chi connectivity index (χ2n) is 0. The van der Waals surface area contributed by atoms with E-state index in [-0.39, 0.29) is 79.5 Å². The van der Waals surface area contributed by atoms with Gasteiger partial charge < -0.3 is 4.28 Å². The van der Waals surface area contributed by atoms with Gasteiger partial charge in [-0.05, 0) is 0 Å². The average Bonchev–Trinajstić information content (AvgIpc) is 1.00. The Balaban J connectivity index is -0.000000000238. The Hall–Kier alpha value is 2.70. The molecule has 0 aromatic heterocycles. The molecule has 0 aromatic carbocycles. The Bertz CT molecular complexity index is 23.8. The van der Waals surface area contributed by atoms with Gasteiger partial charge in [0.25, 0.3) is 0 Å². The van der Waals surface area contributed by atoms with Crippen LogP contribution in [0.5, 0.6) is 0 Å². The van der Waals surface area contributed by atoms with Gasteiger partial charge in [0.05, 0.1) is 0 Å². The van der Waals surface area contributed by atoms with Crippen LogP contribution in [0.1, 0.15) is 4.28 Å². The van der Waals surface area contributed by atoms with Crippen LogP contribution in [0.3, 0.4) is 0 Å². The zero-order chi connectivity index (χ0) is 2.00. The third-order valence-corrected chi connectivity index (χ3v) is 0. The molecule has 0 aromatic rings. The van der Waals surface area contributed by atoms with Gasteiger partial charge in [0, 0.05) is 33.3 Å². The minimum absolute atomic E-state index is 0. The molecule has 0 atom stereocenters. The van der Waals surface area contributed by atoms with Crippen LogP contribution >= 0.6 is 0 Å². The van der Waals surface area contributed by atoms with Crippen molar-refractivity contribution in [2.24, 2.45) is 0 Å². The van der Waals surface area contributed by atoms with E-state index in [1.165, 1.54) is 0 Å². The Labute approximate surface area is 98.3 Å². The van der Waals surface area contributed by atoms with Crippen LogP contribution in [-0.2, 0) is 37.1 Å². The molecule has 1 radical (unpaired) electrons. The molecule has 0 N–H and O–H groups in total. The normalized spacial score (nSPS) is 0.500. The summed E-state index contributed by atoms with van der Waals surface area (Å²) in [5, 5.41) is 0. The molecule has 0 spiro atoms. The maximum atomic E-state index is 8.28. The van der Waals surface area contributed by atoms with Gasteiger partial charge in [0.2, 0.25) is 0 Å². The molecule has 35 valence electrons. The van der Waals surface area contributed by atoms with Gasteiger partial charge in [-0.25, -0.2) is 0 Å². The van der Waals surface area contributed by atoms with E-state index >= 15 is 0 Å². The van der Waals surface area contributed by atoms with Gasteiger partial charge in [-0.1, -0.05) is 0 Å². The Morgan fingerprint density at radius 2 is 1.33 bits per heavy atom. The fraction of sp³-hybridized carbons (Fsp3) is 0. The average molecular weight is 196 g/mol. The van der Waals surface area contributed by atoms with Crippen molar-refractivity contribution >= 4 is 39.3 Å². The summed E-state index contributed by atoms with van der Waals surface area (Å²) < 4.78 is 8.28.